The molecule has 1 atom stereocenters. The van der Waals surface area contributed by atoms with E-state index >= 15 is 0 Å². The first-order chi connectivity index (χ1) is 10.1. The summed E-state index contributed by atoms with van der Waals surface area (Å²) in [7, 11) is 3.96. The van der Waals surface area contributed by atoms with Crippen LogP contribution in [0.5, 0.6) is 0 Å². The second-order valence-corrected chi connectivity index (χ2v) is 5.96. The van der Waals surface area contributed by atoms with Gasteiger partial charge in [-0.05, 0) is 32.4 Å². The highest BCUT2D eigenvalue weighted by molar-refractivity contribution is 5.79. The number of hydrogen-bond donors (Lipinski definition) is 2. The molecule has 0 aromatic carbocycles. The van der Waals surface area contributed by atoms with Crippen LogP contribution >= 0.6 is 0 Å². The van der Waals surface area contributed by atoms with Gasteiger partial charge in [0, 0.05) is 25.7 Å². The van der Waals surface area contributed by atoms with Crippen LogP contribution in [-0.4, -0.2) is 49.2 Å². The lowest BCUT2D eigenvalue weighted by Gasteiger charge is -2.21. The summed E-state index contributed by atoms with van der Waals surface area (Å²) in [6.07, 6.45) is 2.53. The quantitative estimate of drug-likeness (QED) is 0.637. The predicted octanol–water partition coefficient (Wildman–Crippen LogP) is 1.56. The molecule has 1 aromatic rings. The third-order valence-corrected chi connectivity index (χ3v) is 4.00. The maximum Gasteiger partial charge on any atom is 0.191 e. The van der Waals surface area contributed by atoms with Crippen LogP contribution in [0.25, 0.3) is 0 Å². The molecule has 0 amide bonds. The summed E-state index contributed by atoms with van der Waals surface area (Å²) in [5.41, 5.74) is 0.988. The van der Waals surface area contributed by atoms with E-state index in [9.17, 15) is 0 Å². The highest BCUT2D eigenvalue weighted by atomic mass is 16.5. The van der Waals surface area contributed by atoms with Crippen molar-refractivity contribution in [1.29, 1.82) is 0 Å². The van der Waals surface area contributed by atoms with Gasteiger partial charge >= 0.3 is 0 Å². The van der Waals surface area contributed by atoms with Crippen LogP contribution in [0.3, 0.4) is 0 Å². The van der Waals surface area contributed by atoms with Crippen LogP contribution in [-0.2, 0) is 6.54 Å². The number of aliphatic imine (C=N–C) groups is 1. The number of rotatable bonds is 5. The molecule has 1 aliphatic heterocycles. The average molecular weight is 293 g/mol. The highest BCUT2D eigenvalue weighted by Gasteiger charge is 2.20. The van der Waals surface area contributed by atoms with Gasteiger partial charge in [0.15, 0.2) is 11.7 Å². The third kappa shape index (κ3) is 4.46. The Labute approximate surface area is 127 Å². The van der Waals surface area contributed by atoms with Gasteiger partial charge in [-0.25, -0.2) is 0 Å². The van der Waals surface area contributed by atoms with Crippen molar-refractivity contribution in [3.63, 3.8) is 0 Å². The van der Waals surface area contributed by atoms with Gasteiger partial charge in [-0.3, -0.25) is 4.99 Å². The summed E-state index contributed by atoms with van der Waals surface area (Å²) in [4.78, 5) is 6.64. The number of likely N-dealkylation sites (tertiary alicyclic amines) is 1. The van der Waals surface area contributed by atoms with E-state index in [1.54, 1.807) is 7.05 Å². The van der Waals surface area contributed by atoms with Crippen molar-refractivity contribution in [2.24, 2.45) is 4.99 Å². The smallest absolute Gasteiger partial charge is 0.191 e. The van der Waals surface area contributed by atoms with Gasteiger partial charge in [-0.2, -0.15) is 0 Å². The molecule has 1 aromatic heterocycles. The van der Waals surface area contributed by atoms with Crippen LogP contribution in [0.1, 0.15) is 44.1 Å². The first-order valence-electron chi connectivity index (χ1n) is 7.70. The molecule has 1 fully saturated rings. The maximum atomic E-state index is 5.31. The van der Waals surface area contributed by atoms with Gasteiger partial charge in [0.05, 0.1) is 12.2 Å². The lowest BCUT2D eigenvalue weighted by Crippen LogP contribution is -2.43. The number of aromatic nitrogens is 1. The summed E-state index contributed by atoms with van der Waals surface area (Å²) < 4.78 is 5.31. The van der Waals surface area contributed by atoms with Crippen molar-refractivity contribution in [1.82, 2.24) is 20.7 Å². The molecule has 1 unspecified atom stereocenters. The number of nitrogens with one attached hydrogen (secondary N) is 2. The van der Waals surface area contributed by atoms with Crippen LogP contribution in [0.2, 0.25) is 0 Å². The Bertz CT molecular complexity index is 468. The van der Waals surface area contributed by atoms with Crippen LogP contribution in [0.15, 0.2) is 15.6 Å². The summed E-state index contributed by atoms with van der Waals surface area (Å²) in [5, 5.41) is 10.7. The van der Waals surface area contributed by atoms with Crippen molar-refractivity contribution in [2.75, 3.05) is 27.2 Å². The average Bonchev–Trinajstić information content (AvgIpc) is 3.08. The minimum absolute atomic E-state index is 0.387. The second-order valence-electron chi connectivity index (χ2n) is 5.96. The topological polar surface area (TPSA) is 65.7 Å². The molecule has 118 valence electrons. The van der Waals surface area contributed by atoms with E-state index in [0.717, 1.165) is 24.0 Å². The van der Waals surface area contributed by atoms with Gasteiger partial charge in [-0.1, -0.05) is 19.0 Å². The molecule has 0 spiro atoms. The van der Waals surface area contributed by atoms with Gasteiger partial charge in [-0.15, -0.1) is 0 Å². The summed E-state index contributed by atoms with van der Waals surface area (Å²) in [5.74, 6) is 2.02. The molecule has 0 bridgehead atoms. The normalized spacial score (nSPS) is 20.2. The molecule has 2 heterocycles. The lowest BCUT2D eigenvalue weighted by molar-refractivity contribution is 0.309. The molecule has 0 aliphatic carbocycles. The Morgan fingerprint density at radius 2 is 2.33 bits per heavy atom. The number of likely N-dealkylation sites (N-methyl/N-ethyl adjacent to an activating group) is 1. The van der Waals surface area contributed by atoms with Gasteiger partial charge in [0.25, 0.3) is 0 Å². The predicted molar refractivity (Wildman–Crippen MR) is 84.4 cm³/mol. The Kier molecular flexibility index (Phi) is 5.61. The van der Waals surface area contributed by atoms with E-state index in [1.165, 1.54) is 19.4 Å². The van der Waals surface area contributed by atoms with Crippen molar-refractivity contribution in [3.05, 3.63) is 17.5 Å². The lowest BCUT2D eigenvalue weighted by atomic mass is 10.1. The number of nitrogens with zero attached hydrogens (tertiary/aromatic N) is 3. The Balaban J connectivity index is 1.77. The largest absolute Gasteiger partial charge is 0.359 e. The van der Waals surface area contributed by atoms with Gasteiger partial charge < -0.3 is 20.1 Å². The van der Waals surface area contributed by atoms with Gasteiger partial charge in [0.1, 0.15) is 0 Å². The zero-order valence-electron chi connectivity index (χ0n) is 13.5. The van der Waals surface area contributed by atoms with E-state index in [2.05, 4.69) is 46.6 Å². The van der Waals surface area contributed by atoms with Gasteiger partial charge in [0.2, 0.25) is 0 Å². The zero-order chi connectivity index (χ0) is 15.2. The summed E-state index contributed by atoms with van der Waals surface area (Å²) in [6.45, 7) is 6.92. The Hall–Kier alpha value is -1.56. The molecule has 0 saturated carbocycles. The summed E-state index contributed by atoms with van der Waals surface area (Å²) >= 11 is 0. The van der Waals surface area contributed by atoms with E-state index in [-0.39, 0.29) is 0 Å². The van der Waals surface area contributed by atoms with Crippen molar-refractivity contribution in [2.45, 2.75) is 45.2 Å². The van der Waals surface area contributed by atoms with E-state index in [4.69, 9.17) is 4.52 Å². The zero-order valence-corrected chi connectivity index (χ0v) is 13.5. The fraction of sp³-hybridized carbons (Fsp3) is 0.733. The molecule has 1 saturated heterocycles. The Morgan fingerprint density at radius 3 is 2.90 bits per heavy atom. The molecule has 2 N–H and O–H groups in total. The monoisotopic (exact) mass is 293 g/mol. The molecule has 6 heteroatoms. The fourth-order valence-corrected chi connectivity index (χ4v) is 2.53. The van der Waals surface area contributed by atoms with Crippen LogP contribution < -0.4 is 10.6 Å². The molecular formula is C15H27N5O. The minimum atomic E-state index is 0.387. The molecule has 6 nitrogen and oxygen atoms in total. The van der Waals surface area contributed by atoms with Crippen molar-refractivity contribution in [3.8, 4) is 0 Å². The fourth-order valence-electron chi connectivity index (χ4n) is 2.53. The molecule has 21 heavy (non-hydrogen) atoms. The van der Waals surface area contributed by atoms with E-state index < -0.39 is 0 Å². The second kappa shape index (κ2) is 7.45. The first kappa shape index (κ1) is 15.8. The minimum Gasteiger partial charge on any atom is -0.359 e. The van der Waals surface area contributed by atoms with Crippen LogP contribution in [0, 0.1) is 0 Å². The molecular weight excluding hydrogens is 266 g/mol. The molecule has 1 aliphatic rings. The number of guanidine groups is 1. The third-order valence-electron chi connectivity index (χ3n) is 4.00. The van der Waals surface area contributed by atoms with E-state index in [1.807, 2.05) is 6.07 Å². The van der Waals surface area contributed by atoms with Crippen LogP contribution in [0.4, 0.5) is 0 Å². The standard InChI is InChI=1S/C15H27N5O/c1-11(2)14-8-13(21-19-14)10-18-15(16-3)17-9-12-6-5-7-20(12)4/h8,11-12H,5-7,9-10H2,1-4H3,(H2,16,17,18). The van der Waals surface area contributed by atoms with Crippen molar-refractivity contribution >= 4 is 5.96 Å². The molecule has 2 rings (SSSR count). The van der Waals surface area contributed by atoms with Crippen molar-refractivity contribution < 1.29 is 4.52 Å². The number of hydrogen-bond acceptors (Lipinski definition) is 4. The van der Waals surface area contributed by atoms with E-state index in [0.29, 0.717) is 18.5 Å². The Morgan fingerprint density at radius 1 is 1.52 bits per heavy atom. The SMILES string of the molecule is CN=C(NCc1cc(C(C)C)no1)NCC1CCCN1C. The summed E-state index contributed by atoms with van der Waals surface area (Å²) in [6, 6.07) is 2.59. The highest BCUT2D eigenvalue weighted by Crippen LogP contribution is 2.14. The maximum absolute atomic E-state index is 5.31. The first-order valence-corrected chi connectivity index (χ1v) is 7.70. The molecule has 0 radical (unpaired) electrons.